The highest BCUT2D eigenvalue weighted by molar-refractivity contribution is 7.90. The summed E-state index contributed by atoms with van der Waals surface area (Å²) in [5.74, 6) is 0.809. The van der Waals surface area contributed by atoms with Crippen LogP contribution in [0.15, 0.2) is 0 Å². The third-order valence-electron chi connectivity index (χ3n) is 6.85. The predicted molar refractivity (Wildman–Crippen MR) is 171 cm³/mol. The van der Waals surface area contributed by atoms with Crippen molar-refractivity contribution in [3.05, 3.63) is 0 Å². The minimum absolute atomic E-state index is 0. The highest BCUT2D eigenvalue weighted by Gasteiger charge is 2.26. The Kier molecular flexibility index (Phi) is 23.0. The summed E-state index contributed by atoms with van der Waals surface area (Å²) in [4.78, 5) is 11.7. The third-order valence-corrected chi connectivity index (χ3v) is 10.5. The second kappa shape index (κ2) is 21.1. The summed E-state index contributed by atoms with van der Waals surface area (Å²) in [6.45, 7) is 13.3. The zero-order valence-corrected chi connectivity index (χ0v) is 28.2. The number of nitrogens with two attached hydrogens (primary N) is 1. The van der Waals surface area contributed by atoms with Crippen LogP contribution in [0.25, 0.3) is 0 Å². The molecule has 0 saturated heterocycles. The Hall–Kier alpha value is -0.700. The van der Waals surface area contributed by atoms with Gasteiger partial charge in [0.25, 0.3) is 0 Å². The molecule has 0 aromatic rings. The van der Waals surface area contributed by atoms with Crippen LogP contribution in [0.2, 0.25) is 0 Å². The molecule has 1 amide bonds. The molecule has 2 aliphatic carbocycles. The van der Waals surface area contributed by atoms with Crippen LogP contribution >= 0.6 is 12.4 Å². The van der Waals surface area contributed by atoms with Crippen LogP contribution < -0.4 is 20.5 Å². The van der Waals surface area contributed by atoms with Crippen molar-refractivity contribution in [3.8, 4) is 0 Å². The van der Waals surface area contributed by atoms with Crippen LogP contribution in [0.5, 0.6) is 0 Å². The lowest BCUT2D eigenvalue weighted by Gasteiger charge is -2.30. The number of carbonyl (C=O) groups excluding carboxylic acids is 1. The van der Waals surface area contributed by atoms with Crippen molar-refractivity contribution in [2.75, 3.05) is 20.2 Å². The van der Waals surface area contributed by atoms with Gasteiger partial charge in [0.05, 0.1) is 10.5 Å². The standard InChI is InChI=1S/C15H30N2O4S.C10H22N2O2S.CH4O.CH4.ClH/c1-11(2)22(19,20)16-10-12-6-8-13(9-7-12)17-14(18)21-15(3,4)5;1-8(2)15(13,14)12-7-9-3-5-10(11)6-4-9;1-2;;/h11-13,16H,6-10H2,1-5H3,(H,17,18);8-10,12H,3-7,11H2,1-2H3;2H,1H3;1H4;1H. The molecule has 0 aromatic carbocycles. The Morgan fingerprint density at radius 2 is 1.15 bits per heavy atom. The Morgan fingerprint density at radius 3 is 1.46 bits per heavy atom. The Labute approximate surface area is 257 Å². The number of hydrogen-bond acceptors (Lipinski definition) is 8. The number of nitrogens with one attached hydrogen (secondary N) is 3. The fourth-order valence-electron chi connectivity index (χ4n) is 4.18. The summed E-state index contributed by atoms with van der Waals surface area (Å²) in [5.41, 5.74) is 5.30. The quantitative estimate of drug-likeness (QED) is 0.249. The number of amides is 1. The van der Waals surface area contributed by atoms with Gasteiger partial charge in [0.2, 0.25) is 20.0 Å². The maximum atomic E-state index is 11.7. The Bertz CT molecular complexity index is 895. The van der Waals surface area contributed by atoms with Crippen molar-refractivity contribution in [2.24, 2.45) is 17.6 Å². The molecule has 11 nitrogen and oxygen atoms in total. The molecule has 0 radical (unpaired) electrons. The average Bonchev–Trinajstić information content (AvgIpc) is 2.83. The number of hydrogen-bond donors (Lipinski definition) is 5. The van der Waals surface area contributed by atoms with Gasteiger partial charge in [-0.3, -0.25) is 0 Å². The van der Waals surface area contributed by atoms with Crippen molar-refractivity contribution < 1.29 is 31.5 Å². The van der Waals surface area contributed by atoms with Crippen LogP contribution in [-0.2, 0) is 24.8 Å². The zero-order valence-electron chi connectivity index (χ0n) is 25.7. The molecule has 2 saturated carbocycles. The molecule has 6 N–H and O–H groups in total. The topological polar surface area (TPSA) is 177 Å². The molecule has 2 rings (SSSR count). The van der Waals surface area contributed by atoms with Crippen LogP contribution in [0.3, 0.4) is 0 Å². The van der Waals surface area contributed by atoms with E-state index < -0.39 is 30.9 Å². The van der Waals surface area contributed by atoms with E-state index in [4.69, 9.17) is 15.6 Å². The summed E-state index contributed by atoms with van der Waals surface area (Å²) < 4.78 is 57.1. The summed E-state index contributed by atoms with van der Waals surface area (Å²) >= 11 is 0. The smallest absolute Gasteiger partial charge is 0.407 e. The summed E-state index contributed by atoms with van der Waals surface area (Å²) in [6, 6.07) is 0.441. The number of aliphatic hydroxyl groups is 1. The molecule has 2 aliphatic rings. The Morgan fingerprint density at radius 1 is 0.805 bits per heavy atom. The first-order valence-electron chi connectivity index (χ1n) is 14.1. The lowest BCUT2D eigenvalue weighted by molar-refractivity contribution is 0.0487. The lowest BCUT2D eigenvalue weighted by atomic mass is 9.86. The molecule has 14 heteroatoms. The van der Waals surface area contributed by atoms with Gasteiger partial charge in [-0.15, -0.1) is 12.4 Å². The van der Waals surface area contributed by atoms with Gasteiger partial charge in [-0.05, 0) is 112 Å². The molecular weight excluding hydrogens is 592 g/mol. The molecule has 2 fully saturated rings. The molecule has 0 spiro atoms. The minimum Gasteiger partial charge on any atom is -0.444 e. The number of halogens is 1. The highest BCUT2D eigenvalue weighted by Crippen LogP contribution is 2.25. The number of sulfonamides is 2. The SMILES string of the molecule is C.CC(C)S(=O)(=O)NCC1CCC(N)CC1.CC(C)S(=O)(=O)NCC1CCC(NC(=O)OC(C)(C)C)CC1.CO.Cl. The second-order valence-electron chi connectivity index (χ2n) is 12.0. The van der Waals surface area contributed by atoms with Crippen molar-refractivity contribution >= 4 is 38.5 Å². The maximum absolute atomic E-state index is 11.7. The molecule has 0 unspecified atom stereocenters. The predicted octanol–water partition coefficient (Wildman–Crippen LogP) is 3.90. The van der Waals surface area contributed by atoms with E-state index in [1.165, 1.54) is 0 Å². The molecule has 0 aromatic heterocycles. The van der Waals surface area contributed by atoms with E-state index in [1.807, 2.05) is 20.8 Å². The van der Waals surface area contributed by atoms with Crippen LogP contribution in [0.1, 0.15) is 107 Å². The monoisotopic (exact) mass is 652 g/mol. The number of aliphatic hydroxyl groups excluding tert-OH is 1. The molecule has 0 bridgehead atoms. The molecule has 0 aliphatic heterocycles. The van der Waals surface area contributed by atoms with Crippen molar-refractivity contribution in [1.82, 2.24) is 14.8 Å². The first kappa shape index (κ1) is 44.7. The molecule has 41 heavy (non-hydrogen) atoms. The summed E-state index contributed by atoms with van der Waals surface area (Å²) in [5, 5.41) is 9.14. The van der Waals surface area contributed by atoms with Crippen molar-refractivity contribution in [3.63, 3.8) is 0 Å². The maximum Gasteiger partial charge on any atom is 0.407 e. The average molecular weight is 653 g/mol. The van der Waals surface area contributed by atoms with E-state index in [9.17, 15) is 21.6 Å². The minimum atomic E-state index is -3.19. The first-order chi connectivity index (χ1) is 17.9. The number of carbonyl (C=O) groups is 1. The molecular formula is C27H61ClN4O7S2. The number of ether oxygens (including phenoxy) is 1. The second-order valence-corrected chi connectivity index (χ2v) is 16.7. The van der Waals surface area contributed by atoms with Gasteiger partial charge in [0, 0.05) is 32.3 Å². The lowest BCUT2D eigenvalue weighted by Crippen LogP contribution is -2.42. The van der Waals surface area contributed by atoms with Gasteiger partial charge in [0.15, 0.2) is 0 Å². The largest absolute Gasteiger partial charge is 0.444 e. The van der Waals surface area contributed by atoms with Crippen LogP contribution in [-0.4, -0.2) is 76.4 Å². The molecule has 0 atom stereocenters. The fourth-order valence-corrected chi connectivity index (χ4v) is 5.78. The van der Waals surface area contributed by atoms with E-state index >= 15 is 0 Å². The number of alkyl carbamates (subject to hydrolysis) is 1. The third kappa shape index (κ3) is 20.0. The summed E-state index contributed by atoms with van der Waals surface area (Å²) in [6.07, 6.45) is 7.27. The van der Waals surface area contributed by atoms with Gasteiger partial charge in [-0.2, -0.15) is 0 Å². The van der Waals surface area contributed by atoms with E-state index in [0.717, 1.165) is 58.5 Å². The van der Waals surface area contributed by atoms with E-state index in [0.29, 0.717) is 31.0 Å². The van der Waals surface area contributed by atoms with Crippen LogP contribution in [0, 0.1) is 11.8 Å². The highest BCUT2D eigenvalue weighted by atomic mass is 35.5. The van der Waals surface area contributed by atoms with Gasteiger partial charge in [0.1, 0.15) is 5.60 Å². The molecule has 250 valence electrons. The fraction of sp³-hybridized carbons (Fsp3) is 0.963. The van der Waals surface area contributed by atoms with Gasteiger partial charge < -0.3 is 20.9 Å². The van der Waals surface area contributed by atoms with Crippen molar-refractivity contribution in [1.29, 1.82) is 0 Å². The Balaban J connectivity index is -0.000000669. The van der Waals surface area contributed by atoms with Gasteiger partial charge >= 0.3 is 6.09 Å². The number of rotatable bonds is 9. The first-order valence-corrected chi connectivity index (χ1v) is 17.2. The normalized spacial score (nSPS) is 23.0. The van der Waals surface area contributed by atoms with Gasteiger partial charge in [-0.25, -0.2) is 31.1 Å². The van der Waals surface area contributed by atoms with Crippen molar-refractivity contribution in [2.45, 2.75) is 135 Å². The molecule has 0 heterocycles. The van der Waals surface area contributed by atoms with E-state index in [2.05, 4.69) is 14.8 Å². The van der Waals surface area contributed by atoms with E-state index in [1.54, 1.807) is 27.7 Å². The van der Waals surface area contributed by atoms with Gasteiger partial charge in [-0.1, -0.05) is 7.43 Å². The zero-order chi connectivity index (χ0) is 30.4. The van der Waals surface area contributed by atoms with Crippen LogP contribution in [0.4, 0.5) is 4.79 Å². The van der Waals surface area contributed by atoms with E-state index in [-0.39, 0.29) is 37.2 Å². The summed E-state index contributed by atoms with van der Waals surface area (Å²) in [7, 11) is -5.28.